The average Bonchev–Trinajstić information content (AvgIpc) is 2.64. The molecule has 2 N–H and O–H groups in total. The number of nitrogens with one attached hydrogen (secondary N) is 2. The lowest BCUT2D eigenvalue weighted by Crippen LogP contribution is -2.28. The van der Waals surface area contributed by atoms with E-state index in [2.05, 4.69) is 21.8 Å². The molecule has 0 saturated heterocycles. The number of amides is 1. The third kappa shape index (κ3) is 4.26. The fraction of sp³-hybridized carbons (Fsp3) is 0.583. The van der Waals surface area contributed by atoms with E-state index in [9.17, 15) is 4.79 Å². The molecule has 0 saturated carbocycles. The van der Waals surface area contributed by atoms with Gasteiger partial charge < -0.3 is 15.4 Å². The zero-order valence-electron chi connectivity index (χ0n) is 11.5. The summed E-state index contributed by atoms with van der Waals surface area (Å²) in [6.45, 7) is 3.23. The number of carbonyl (C=O) groups is 1. The van der Waals surface area contributed by atoms with Crippen LogP contribution in [-0.2, 0) is 16.6 Å². The standard InChI is InChI=1S/C12H19N5O2/c1-9-10(8-13)12(17(2)16-9)15-5-4-11(18)14-6-7-19-3/h15H,4-7H2,1-3H3,(H,14,18). The van der Waals surface area contributed by atoms with Crippen molar-refractivity contribution in [2.75, 3.05) is 32.1 Å². The van der Waals surface area contributed by atoms with Gasteiger partial charge in [0.2, 0.25) is 5.91 Å². The van der Waals surface area contributed by atoms with Crippen LogP contribution in [0.5, 0.6) is 0 Å². The molecular formula is C12H19N5O2. The van der Waals surface area contributed by atoms with E-state index in [-0.39, 0.29) is 5.91 Å². The van der Waals surface area contributed by atoms with Gasteiger partial charge in [0.1, 0.15) is 17.5 Å². The van der Waals surface area contributed by atoms with E-state index >= 15 is 0 Å². The van der Waals surface area contributed by atoms with Gasteiger partial charge in [-0.15, -0.1) is 0 Å². The Kier molecular flexibility index (Phi) is 5.82. The van der Waals surface area contributed by atoms with Crippen molar-refractivity contribution in [3.8, 4) is 6.07 Å². The zero-order chi connectivity index (χ0) is 14.3. The molecular weight excluding hydrogens is 246 g/mol. The summed E-state index contributed by atoms with van der Waals surface area (Å²) in [6.07, 6.45) is 0.332. The summed E-state index contributed by atoms with van der Waals surface area (Å²) in [5.41, 5.74) is 1.19. The Morgan fingerprint density at radius 2 is 2.26 bits per heavy atom. The normalized spacial score (nSPS) is 10.0. The van der Waals surface area contributed by atoms with Crippen LogP contribution >= 0.6 is 0 Å². The highest BCUT2D eigenvalue weighted by atomic mass is 16.5. The van der Waals surface area contributed by atoms with Crippen LogP contribution in [0.4, 0.5) is 5.82 Å². The van der Waals surface area contributed by atoms with E-state index in [1.54, 1.807) is 25.8 Å². The molecule has 0 fully saturated rings. The van der Waals surface area contributed by atoms with Crippen LogP contribution < -0.4 is 10.6 Å². The fourth-order valence-corrected chi connectivity index (χ4v) is 1.67. The number of hydrogen-bond acceptors (Lipinski definition) is 5. The summed E-state index contributed by atoms with van der Waals surface area (Å²) in [7, 11) is 3.34. The van der Waals surface area contributed by atoms with E-state index in [0.717, 1.165) is 0 Å². The molecule has 1 rings (SSSR count). The first kappa shape index (κ1) is 15.0. The van der Waals surface area contributed by atoms with E-state index in [0.29, 0.717) is 43.2 Å². The van der Waals surface area contributed by atoms with Gasteiger partial charge >= 0.3 is 0 Å². The molecule has 0 atom stereocenters. The first-order chi connectivity index (χ1) is 9.10. The number of nitrogens with zero attached hydrogens (tertiary/aromatic N) is 3. The van der Waals surface area contributed by atoms with Gasteiger partial charge in [0.05, 0.1) is 12.3 Å². The highest BCUT2D eigenvalue weighted by Gasteiger charge is 2.12. The van der Waals surface area contributed by atoms with Crippen molar-refractivity contribution in [2.45, 2.75) is 13.3 Å². The minimum atomic E-state index is -0.0538. The Balaban J connectivity index is 2.42. The number of aromatic nitrogens is 2. The van der Waals surface area contributed by atoms with Crippen LogP contribution in [0, 0.1) is 18.3 Å². The molecule has 0 bridgehead atoms. The molecule has 0 radical (unpaired) electrons. The summed E-state index contributed by atoms with van der Waals surface area (Å²) in [5, 5.41) is 19.0. The lowest BCUT2D eigenvalue weighted by Gasteiger charge is -2.07. The third-order valence-corrected chi connectivity index (χ3v) is 2.61. The Labute approximate surface area is 112 Å². The Morgan fingerprint density at radius 1 is 1.53 bits per heavy atom. The lowest BCUT2D eigenvalue weighted by atomic mass is 10.2. The minimum Gasteiger partial charge on any atom is -0.383 e. The smallest absolute Gasteiger partial charge is 0.221 e. The summed E-state index contributed by atoms with van der Waals surface area (Å²) in [5.74, 6) is 0.589. The molecule has 0 spiro atoms. The molecule has 19 heavy (non-hydrogen) atoms. The number of aryl methyl sites for hydroxylation is 2. The van der Waals surface area contributed by atoms with Crippen molar-refractivity contribution in [1.29, 1.82) is 5.26 Å². The van der Waals surface area contributed by atoms with E-state index in [1.165, 1.54) is 0 Å². The lowest BCUT2D eigenvalue weighted by molar-refractivity contribution is -0.121. The second-order valence-electron chi connectivity index (χ2n) is 4.06. The molecule has 1 aromatic heterocycles. The van der Waals surface area contributed by atoms with Gasteiger partial charge in [-0.3, -0.25) is 9.48 Å². The van der Waals surface area contributed by atoms with E-state index in [4.69, 9.17) is 10.00 Å². The Bertz CT molecular complexity index is 475. The molecule has 7 nitrogen and oxygen atoms in total. The van der Waals surface area contributed by atoms with Gasteiger partial charge in [0.15, 0.2) is 0 Å². The van der Waals surface area contributed by atoms with Crippen LogP contribution in [0.3, 0.4) is 0 Å². The molecule has 0 aliphatic rings. The van der Waals surface area contributed by atoms with Crippen molar-refractivity contribution >= 4 is 11.7 Å². The van der Waals surface area contributed by atoms with Gasteiger partial charge in [-0.1, -0.05) is 0 Å². The third-order valence-electron chi connectivity index (χ3n) is 2.61. The molecule has 0 aliphatic carbocycles. The first-order valence-corrected chi connectivity index (χ1v) is 6.03. The van der Waals surface area contributed by atoms with Gasteiger partial charge in [-0.05, 0) is 6.92 Å². The minimum absolute atomic E-state index is 0.0538. The highest BCUT2D eigenvalue weighted by molar-refractivity contribution is 5.76. The molecule has 0 aliphatic heterocycles. The summed E-state index contributed by atoms with van der Waals surface area (Å²) in [6, 6.07) is 2.10. The van der Waals surface area contributed by atoms with Gasteiger partial charge in [0.25, 0.3) is 0 Å². The second kappa shape index (κ2) is 7.38. The van der Waals surface area contributed by atoms with Crippen LogP contribution in [0.1, 0.15) is 17.7 Å². The molecule has 0 aromatic carbocycles. The van der Waals surface area contributed by atoms with Crippen LogP contribution in [-0.4, -0.2) is 42.5 Å². The average molecular weight is 265 g/mol. The summed E-state index contributed by atoms with van der Waals surface area (Å²) >= 11 is 0. The SMILES string of the molecule is COCCNC(=O)CCNc1c(C#N)c(C)nn1C. The number of ether oxygens (including phenoxy) is 1. The summed E-state index contributed by atoms with van der Waals surface area (Å²) in [4.78, 5) is 11.5. The number of methoxy groups -OCH3 is 1. The first-order valence-electron chi connectivity index (χ1n) is 6.03. The number of nitriles is 1. The van der Waals surface area contributed by atoms with Gasteiger partial charge in [-0.2, -0.15) is 10.4 Å². The van der Waals surface area contributed by atoms with Crippen molar-refractivity contribution in [3.05, 3.63) is 11.3 Å². The quantitative estimate of drug-likeness (QED) is 0.685. The molecule has 1 aromatic rings. The topological polar surface area (TPSA) is 92.0 Å². The predicted octanol–water partition coefficient (Wildman–Crippen LogP) is 0.165. The predicted molar refractivity (Wildman–Crippen MR) is 70.7 cm³/mol. The van der Waals surface area contributed by atoms with E-state index < -0.39 is 0 Å². The number of hydrogen-bond donors (Lipinski definition) is 2. The highest BCUT2D eigenvalue weighted by Crippen LogP contribution is 2.16. The maximum absolute atomic E-state index is 11.5. The van der Waals surface area contributed by atoms with Gasteiger partial charge in [-0.25, -0.2) is 0 Å². The van der Waals surface area contributed by atoms with Crippen molar-refractivity contribution < 1.29 is 9.53 Å². The Morgan fingerprint density at radius 3 is 2.89 bits per heavy atom. The van der Waals surface area contributed by atoms with Crippen molar-refractivity contribution in [3.63, 3.8) is 0 Å². The largest absolute Gasteiger partial charge is 0.383 e. The molecule has 104 valence electrons. The maximum Gasteiger partial charge on any atom is 0.221 e. The van der Waals surface area contributed by atoms with Crippen LogP contribution in [0.2, 0.25) is 0 Å². The molecule has 1 amide bonds. The number of anilines is 1. The second-order valence-corrected chi connectivity index (χ2v) is 4.06. The Hall–Kier alpha value is -2.07. The zero-order valence-corrected chi connectivity index (χ0v) is 11.5. The fourth-order valence-electron chi connectivity index (χ4n) is 1.67. The molecule has 1 heterocycles. The maximum atomic E-state index is 11.5. The van der Waals surface area contributed by atoms with Crippen molar-refractivity contribution in [1.82, 2.24) is 15.1 Å². The summed E-state index contributed by atoms with van der Waals surface area (Å²) < 4.78 is 6.44. The van der Waals surface area contributed by atoms with Crippen LogP contribution in [0.15, 0.2) is 0 Å². The number of rotatable bonds is 7. The molecule has 0 unspecified atom stereocenters. The van der Waals surface area contributed by atoms with E-state index in [1.807, 2.05) is 0 Å². The van der Waals surface area contributed by atoms with Crippen LogP contribution in [0.25, 0.3) is 0 Å². The van der Waals surface area contributed by atoms with Crippen molar-refractivity contribution in [2.24, 2.45) is 7.05 Å². The monoisotopic (exact) mass is 265 g/mol. The van der Waals surface area contributed by atoms with Gasteiger partial charge in [0, 0.05) is 33.7 Å². The number of carbonyl (C=O) groups excluding carboxylic acids is 1. The molecule has 7 heteroatoms.